The minimum absolute atomic E-state index is 0.0353. The maximum Gasteiger partial charge on any atom is 0.250 e. The first-order valence-corrected chi connectivity index (χ1v) is 9.08. The van der Waals surface area contributed by atoms with E-state index in [0.717, 1.165) is 11.3 Å². The van der Waals surface area contributed by atoms with E-state index in [2.05, 4.69) is 0 Å². The third kappa shape index (κ3) is 3.16. The molecule has 140 valence electrons. The van der Waals surface area contributed by atoms with Gasteiger partial charge < -0.3 is 14.5 Å². The average molecular weight is 368 g/mol. The summed E-state index contributed by atoms with van der Waals surface area (Å²) in [7, 11) is 1.61. The fraction of sp³-hybridized carbons (Fsp3) is 0.333. The maximum absolute atomic E-state index is 14.1. The minimum Gasteiger partial charge on any atom is -0.497 e. The summed E-state index contributed by atoms with van der Waals surface area (Å²) in [6.45, 7) is 0.460. The van der Waals surface area contributed by atoms with Gasteiger partial charge in [0.05, 0.1) is 18.8 Å². The Morgan fingerprint density at radius 2 is 2.04 bits per heavy atom. The highest BCUT2D eigenvalue weighted by Gasteiger charge is 2.52. The molecule has 0 N–H and O–H groups in total. The highest BCUT2D eigenvalue weighted by atomic mass is 19.1. The largest absolute Gasteiger partial charge is 0.497 e. The molecule has 2 aliphatic heterocycles. The highest BCUT2D eigenvalue weighted by molar-refractivity contribution is 6.03. The second kappa shape index (κ2) is 7.02. The van der Waals surface area contributed by atoms with E-state index in [1.165, 1.54) is 11.0 Å². The van der Waals surface area contributed by atoms with Gasteiger partial charge in [0.25, 0.3) is 0 Å². The molecule has 2 aliphatic rings. The molecule has 2 heterocycles. The van der Waals surface area contributed by atoms with Crippen molar-refractivity contribution in [2.24, 2.45) is 0 Å². The van der Waals surface area contributed by atoms with E-state index in [4.69, 9.17) is 4.74 Å². The van der Waals surface area contributed by atoms with Crippen LogP contribution < -0.4 is 9.64 Å². The molecule has 0 saturated carbocycles. The zero-order valence-electron chi connectivity index (χ0n) is 15.1. The number of methoxy groups -OCH3 is 1. The number of benzene rings is 2. The van der Waals surface area contributed by atoms with Crippen LogP contribution in [0.4, 0.5) is 10.1 Å². The second-order valence-corrected chi connectivity index (χ2v) is 6.96. The van der Waals surface area contributed by atoms with Gasteiger partial charge >= 0.3 is 0 Å². The van der Waals surface area contributed by atoms with Crippen LogP contribution in [0.5, 0.6) is 5.75 Å². The van der Waals surface area contributed by atoms with Crippen LogP contribution >= 0.6 is 0 Å². The first-order chi connectivity index (χ1) is 13.1. The molecule has 0 unspecified atom stereocenters. The molecule has 0 radical (unpaired) electrons. The molecule has 2 fully saturated rings. The Morgan fingerprint density at radius 3 is 2.78 bits per heavy atom. The van der Waals surface area contributed by atoms with Crippen molar-refractivity contribution in [3.05, 3.63) is 59.9 Å². The maximum atomic E-state index is 14.1. The number of carbonyl (C=O) groups excluding carboxylic acids is 2. The normalized spacial score (nSPS) is 21.0. The molecule has 2 aromatic rings. The summed E-state index contributed by atoms with van der Waals surface area (Å²) in [6, 6.07) is 13.3. The van der Waals surface area contributed by atoms with Crippen molar-refractivity contribution in [3.8, 4) is 5.75 Å². The zero-order chi connectivity index (χ0) is 19.0. The number of halogens is 1. The molecule has 0 aliphatic carbocycles. The topological polar surface area (TPSA) is 49.9 Å². The van der Waals surface area contributed by atoms with Gasteiger partial charge in [-0.2, -0.15) is 0 Å². The van der Waals surface area contributed by atoms with Gasteiger partial charge in [-0.3, -0.25) is 9.59 Å². The van der Waals surface area contributed by atoms with Gasteiger partial charge in [-0.15, -0.1) is 0 Å². The molecule has 6 heteroatoms. The standard InChI is InChI=1S/C21H21FN2O3/c1-27-16-6-4-5-14(11-16)9-10-20(25)23-13-15-12-19(23)21(26)24(15)18-8-3-2-7-17(18)22/h2-8,11,15,19H,9-10,12-13H2,1H3/t15-,19-/m0/s1. The van der Waals surface area contributed by atoms with Gasteiger partial charge in [0, 0.05) is 13.0 Å². The Morgan fingerprint density at radius 1 is 1.22 bits per heavy atom. The number of piperazine rings is 1. The van der Waals surface area contributed by atoms with Gasteiger partial charge in [0.15, 0.2) is 0 Å². The van der Waals surface area contributed by atoms with Crippen molar-refractivity contribution in [1.29, 1.82) is 0 Å². The number of amides is 2. The van der Waals surface area contributed by atoms with E-state index in [1.807, 2.05) is 24.3 Å². The van der Waals surface area contributed by atoms with Crippen LogP contribution in [0.25, 0.3) is 0 Å². The van der Waals surface area contributed by atoms with Crippen LogP contribution in [0.15, 0.2) is 48.5 Å². The number of ether oxygens (including phenoxy) is 1. The summed E-state index contributed by atoms with van der Waals surface area (Å²) < 4.78 is 19.3. The second-order valence-electron chi connectivity index (χ2n) is 6.96. The molecule has 2 saturated heterocycles. The van der Waals surface area contributed by atoms with E-state index in [-0.39, 0.29) is 17.9 Å². The number of fused-ring (bicyclic) bond motifs is 2. The van der Waals surface area contributed by atoms with Gasteiger partial charge in [-0.25, -0.2) is 4.39 Å². The SMILES string of the molecule is COc1cccc(CCC(=O)N2C[C@@H]3C[C@H]2C(=O)N3c2ccccc2F)c1. The summed E-state index contributed by atoms with van der Waals surface area (Å²) in [6.07, 6.45) is 1.50. The molecule has 0 spiro atoms. The lowest BCUT2D eigenvalue weighted by molar-refractivity contribution is -0.138. The van der Waals surface area contributed by atoms with E-state index < -0.39 is 11.9 Å². The van der Waals surface area contributed by atoms with Gasteiger partial charge in [0.1, 0.15) is 17.6 Å². The summed E-state index contributed by atoms with van der Waals surface area (Å²) in [5.74, 6) is 0.128. The summed E-state index contributed by atoms with van der Waals surface area (Å²) in [5, 5.41) is 0. The number of anilines is 1. The third-order valence-corrected chi connectivity index (χ3v) is 5.36. The number of carbonyl (C=O) groups is 2. The van der Waals surface area contributed by atoms with Crippen molar-refractivity contribution in [3.63, 3.8) is 0 Å². The van der Waals surface area contributed by atoms with Crippen molar-refractivity contribution >= 4 is 17.5 Å². The fourth-order valence-corrected chi connectivity index (χ4v) is 4.04. The molecule has 2 aromatic carbocycles. The summed E-state index contributed by atoms with van der Waals surface area (Å²) in [5.41, 5.74) is 1.32. The molecule has 5 nitrogen and oxygen atoms in total. The van der Waals surface area contributed by atoms with Crippen molar-refractivity contribution in [2.75, 3.05) is 18.6 Å². The Kier molecular flexibility index (Phi) is 4.56. The lowest BCUT2D eigenvalue weighted by Gasteiger charge is -2.34. The third-order valence-electron chi connectivity index (χ3n) is 5.36. The Labute approximate surface area is 157 Å². The van der Waals surface area contributed by atoms with E-state index >= 15 is 0 Å². The lowest BCUT2D eigenvalue weighted by atomic mass is 10.1. The molecule has 2 bridgehead atoms. The summed E-state index contributed by atoms with van der Waals surface area (Å²) >= 11 is 0. The summed E-state index contributed by atoms with van der Waals surface area (Å²) in [4.78, 5) is 28.6. The number of hydrogen-bond acceptors (Lipinski definition) is 3. The van der Waals surface area contributed by atoms with E-state index in [1.54, 1.807) is 30.2 Å². The monoisotopic (exact) mass is 368 g/mol. The lowest BCUT2D eigenvalue weighted by Crippen LogP contribution is -2.52. The van der Waals surface area contributed by atoms with E-state index in [0.29, 0.717) is 31.5 Å². The Hall–Kier alpha value is -2.89. The number of para-hydroxylation sites is 1. The van der Waals surface area contributed by atoms with Crippen molar-refractivity contribution < 1.29 is 18.7 Å². The zero-order valence-corrected chi connectivity index (χ0v) is 15.1. The molecule has 2 amide bonds. The fourth-order valence-electron chi connectivity index (χ4n) is 4.04. The molecular weight excluding hydrogens is 347 g/mol. The molecule has 0 aromatic heterocycles. The van der Waals surface area contributed by atoms with E-state index in [9.17, 15) is 14.0 Å². The highest BCUT2D eigenvalue weighted by Crippen LogP contribution is 2.37. The van der Waals surface area contributed by atoms with Gasteiger partial charge in [-0.05, 0) is 42.7 Å². The molecule has 27 heavy (non-hydrogen) atoms. The Balaban J connectivity index is 1.42. The average Bonchev–Trinajstić information content (AvgIpc) is 3.25. The number of nitrogens with zero attached hydrogens (tertiary/aromatic N) is 2. The van der Waals surface area contributed by atoms with Crippen molar-refractivity contribution in [2.45, 2.75) is 31.3 Å². The van der Waals surface area contributed by atoms with Crippen LogP contribution in [0.3, 0.4) is 0 Å². The predicted molar refractivity (Wildman–Crippen MR) is 99.1 cm³/mol. The Bertz CT molecular complexity index is 885. The van der Waals surface area contributed by atoms with Crippen LogP contribution in [0, 0.1) is 5.82 Å². The number of aryl methyl sites for hydroxylation is 1. The van der Waals surface area contributed by atoms with Crippen molar-refractivity contribution in [1.82, 2.24) is 4.90 Å². The number of rotatable bonds is 5. The quantitative estimate of drug-likeness (QED) is 0.815. The molecule has 4 rings (SSSR count). The first kappa shape index (κ1) is 17.5. The molecule has 2 atom stereocenters. The first-order valence-electron chi connectivity index (χ1n) is 9.08. The number of hydrogen-bond donors (Lipinski definition) is 0. The van der Waals surface area contributed by atoms with Gasteiger partial charge in [0.2, 0.25) is 11.8 Å². The van der Waals surface area contributed by atoms with Gasteiger partial charge in [-0.1, -0.05) is 24.3 Å². The minimum atomic E-state index is -0.479. The van der Waals surface area contributed by atoms with Crippen LogP contribution in [0.1, 0.15) is 18.4 Å². The molecular formula is C21H21FN2O3. The smallest absolute Gasteiger partial charge is 0.250 e. The number of likely N-dealkylation sites (tertiary alicyclic amines) is 1. The van der Waals surface area contributed by atoms with Crippen LogP contribution in [-0.4, -0.2) is 42.5 Å². The van der Waals surface area contributed by atoms with Crippen LogP contribution in [-0.2, 0) is 16.0 Å². The van der Waals surface area contributed by atoms with Crippen LogP contribution in [0.2, 0.25) is 0 Å². The predicted octanol–water partition coefficient (Wildman–Crippen LogP) is 2.78.